The summed E-state index contributed by atoms with van der Waals surface area (Å²) in [5, 5.41) is 14.7. The van der Waals surface area contributed by atoms with Crippen molar-refractivity contribution in [3.05, 3.63) is 74.7 Å². The predicted octanol–water partition coefficient (Wildman–Crippen LogP) is 4.67. The van der Waals surface area contributed by atoms with Crippen molar-refractivity contribution in [1.29, 1.82) is 5.41 Å². The Morgan fingerprint density at radius 3 is 2.43 bits per heavy atom. The molecule has 0 radical (unpaired) electrons. The van der Waals surface area contributed by atoms with Crippen molar-refractivity contribution < 1.29 is 17.9 Å². The molecule has 0 bridgehead atoms. The van der Waals surface area contributed by atoms with Crippen LogP contribution in [0.1, 0.15) is 72.3 Å². The summed E-state index contributed by atoms with van der Waals surface area (Å²) >= 11 is 0. The van der Waals surface area contributed by atoms with E-state index in [0.717, 1.165) is 43.5 Å². The molecule has 252 valence electrons. The number of nitrogens with one attached hydrogen (secondary N) is 4. The summed E-state index contributed by atoms with van der Waals surface area (Å²) in [4.78, 5) is 31.6. The Kier molecular flexibility index (Phi) is 10.8. The molecule has 2 aromatic carbocycles. The molecule has 4 N–H and O–H groups in total. The summed E-state index contributed by atoms with van der Waals surface area (Å²) in [7, 11) is -3.74. The highest BCUT2D eigenvalue weighted by atomic mass is 32.2. The van der Waals surface area contributed by atoms with Crippen molar-refractivity contribution in [2.45, 2.75) is 70.9 Å². The van der Waals surface area contributed by atoms with E-state index in [1.165, 1.54) is 10.5 Å². The zero-order valence-electron chi connectivity index (χ0n) is 27.7. The van der Waals surface area contributed by atoms with Crippen LogP contribution >= 0.6 is 0 Å². The fraction of sp³-hybridized carbons (Fsp3) is 0.457. The van der Waals surface area contributed by atoms with Crippen molar-refractivity contribution in [1.82, 2.24) is 19.5 Å². The minimum atomic E-state index is -3.74. The van der Waals surface area contributed by atoms with Crippen LogP contribution in [0, 0.1) is 19.3 Å². The Bertz CT molecular complexity index is 1790. The van der Waals surface area contributed by atoms with Crippen LogP contribution < -0.4 is 20.9 Å². The molecule has 1 saturated heterocycles. The largest absolute Gasteiger partial charge is 0.493 e. The molecule has 2 aliphatic rings. The molecule has 1 aliphatic heterocycles. The van der Waals surface area contributed by atoms with Gasteiger partial charge in [-0.25, -0.2) is 8.42 Å². The van der Waals surface area contributed by atoms with E-state index in [-0.39, 0.29) is 28.6 Å². The number of hydrogen-bond acceptors (Lipinski definition) is 8. The van der Waals surface area contributed by atoms with E-state index in [2.05, 4.69) is 27.4 Å². The van der Waals surface area contributed by atoms with Gasteiger partial charge in [0.25, 0.3) is 11.5 Å². The second-order valence-electron chi connectivity index (χ2n) is 12.3. The number of piperazine rings is 1. The summed E-state index contributed by atoms with van der Waals surface area (Å²) in [6.07, 6.45) is 5.36. The Morgan fingerprint density at radius 2 is 1.79 bits per heavy atom. The molecule has 2 heterocycles. The molecule has 0 atom stereocenters. The molecule has 1 aromatic heterocycles. The molecule has 0 unspecified atom stereocenters. The third kappa shape index (κ3) is 7.61. The number of rotatable bonds is 12. The maximum absolute atomic E-state index is 13.8. The SMILES string of the molecule is CCOc1cc(S(=O)(=O)N2CCN(CC)CC2)ccc1-c1cc(NC2CCCC2)c(C=N)c(C(=O)NCc2c(C)cc(C)[nH]c2=O)c1. The molecule has 3 aromatic rings. The first-order valence-electron chi connectivity index (χ1n) is 16.5. The second-order valence-corrected chi connectivity index (χ2v) is 14.2. The molecular formula is C35H46N6O5S. The molecule has 11 nitrogen and oxygen atoms in total. The first kappa shape index (κ1) is 34.3. The quantitative estimate of drug-likeness (QED) is 0.206. The van der Waals surface area contributed by atoms with E-state index in [1.807, 2.05) is 32.9 Å². The number of likely N-dealkylation sites (N-methyl/N-ethyl adjacent to an activating group) is 1. The molecule has 1 saturated carbocycles. The summed E-state index contributed by atoms with van der Waals surface area (Å²) in [5.74, 6) is -0.0362. The molecule has 5 rings (SSSR count). The summed E-state index contributed by atoms with van der Waals surface area (Å²) in [5.41, 5.74) is 4.37. The van der Waals surface area contributed by atoms with Gasteiger partial charge in [-0.1, -0.05) is 19.8 Å². The van der Waals surface area contributed by atoms with Crippen LogP contribution in [0.5, 0.6) is 5.75 Å². The number of ether oxygens (including phenoxy) is 1. The van der Waals surface area contributed by atoms with Crippen LogP contribution in [0.25, 0.3) is 11.1 Å². The summed E-state index contributed by atoms with van der Waals surface area (Å²) < 4.78 is 34.9. The lowest BCUT2D eigenvalue weighted by Gasteiger charge is -2.33. The molecule has 12 heteroatoms. The highest BCUT2D eigenvalue weighted by Crippen LogP contribution is 2.37. The van der Waals surface area contributed by atoms with Gasteiger partial charge in [-0.2, -0.15) is 4.31 Å². The van der Waals surface area contributed by atoms with Gasteiger partial charge in [0.05, 0.1) is 17.1 Å². The number of benzene rings is 2. The molecule has 2 fully saturated rings. The van der Waals surface area contributed by atoms with E-state index in [0.29, 0.717) is 66.5 Å². The van der Waals surface area contributed by atoms with Crippen LogP contribution in [0.2, 0.25) is 0 Å². The van der Waals surface area contributed by atoms with Crippen molar-refractivity contribution in [3.8, 4) is 16.9 Å². The number of anilines is 1. The molecule has 1 aliphatic carbocycles. The van der Waals surface area contributed by atoms with Gasteiger partial charge in [-0.05, 0) is 81.6 Å². The molecule has 1 amide bonds. The predicted molar refractivity (Wildman–Crippen MR) is 185 cm³/mol. The third-order valence-electron chi connectivity index (χ3n) is 9.18. The van der Waals surface area contributed by atoms with Gasteiger partial charge in [-0.15, -0.1) is 0 Å². The lowest BCUT2D eigenvalue weighted by atomic mass is 9.95. The molecular weight excluding hydrogens is 616 g/mol. The van der Waals surface area contributed by atoms with E-state index < -0.39 is 15.9 Å². The Morgan fingerprint density at radius 1 is 1.06 bits per heavy atom. The van der Waals surface area contributed by atoms with Gasteiger partial charge in [0, 0.05) is 79.1 Å². The van der Waals surface area contributed by atoms with E-state index in [1.54, 1.807) is 24.3 Å². The number of aromatic amines is 1. The lowest BCUT2D eigenvalue weighted by Crippen LogP contribution is -2.48. The van der Waals surface area contributed by atoms with Crippen LogP contribution in [-0.4, -0.2) is 80.1 Å². The van der Waals surface area contributed by atoms with E-state index >= 15 is 0 Å². The van der Waals surface area contributed by atoms with Gasteiger partial charge >= 0.3 is 0 Å². The fourth-order valence-corrected chi connectivity index (χ4v) is 7.98. The zero-order chi connectivity index (χ0) is 33.7. The average molecular weight is 663 g/mol. The van der Waals surface area contributed by atoms with Gasteiger partial charge in [-0.3, -0.25) is 9.59 Å². The number of sulfonamides is 1. The molecule has 47 heavy (non-hydrogen) atoms. The number of carbonyl (C=O) groups is 1. The van der Waals surface area contributed by atoms with Crippen molar-refractivity contribution in [2.24, 2.45) is 0 Å². The van der Waals surface area contributed by atoms with Crippen LogP contribution in [0.4, 0.5) is 5.69 Å². The van der Waals surface area contributed by atoms with Crippen LogP contribution in [-0.2, 0) is 16.6 Å². The average Bonchev–Trinajstić information content (AvgIpc) is 3.57. The second kappa shape index (κ2) is 14.8. The molecule has 0 spiro atoms. The van der Waals surface area contributed by atoms with E-state index in [9.17, 15) is 18.0 Å². The van der Waals surface area contributed by atoms with Gasteiger partial charge in [0.1, 0.15) is 5.75 Å². The number of H-pyrrole nitrogens is 1. The smallest absolute Gasteiger partial charge is 0.253 e. The Balaban J connectivity index is 1.54. The minimum Gasteiger partial charge on any atom is -0.493 e. The number of pyridine rings is 1. The number of hydrogen-bond donors (Lipinski definition) is 4. The standard InChI is InChI=1S/C35H46N6O5S/c1-5-40-13-15-41(16-14-40)47(44,45)27-11-12-28(33(20-27)46-6-2)25-18-29(30(21-36)32(19-25)39-26-9-7-8-10-26)34(42)37-22-31-23(3)17-24(4)38-35(31)43/h11-12,17-21,26,36,39H,5-10,13-16,22H2,1-4H3,(H,37,42)(H,38,43). The highest BCUT2D eigenvalue weighted by Gasteiger charge is 2.29. The summed E-state index contributed by atoms with van der Waals surface area (Å²) in [6, 6.07) is 10.6. The van der Waals surface area contributed by atoms with Crippen molar-refractivity contribution in [3.63, 3.8) is 0 Å². The highest BCUT2D eigenvalue weighted by molar-refractivity contribution is 7.89. The van der Waals surface area contributed by atoms with Gasteiger partial charge in [0.2, 0.25) is 10.0 Å². The van der Waals surface area contributed by atoms with Crippen LogP contribution in [0.3, 0.4) is 0 Å². The van der Waals surface area contributed by atoms with Crippen LogP contribution in [0.15, 0.2) is 46.1 Å². The topological polar surface area (TPSA) is 148 Å². The lowest BCUT2D eigenvalue weighted by molar-refractivity contribution is 0.0950. The maximum Gasteiger partial charge on any atom is 0.253 e. The zero-order valence-corrected chi connectivity index (χ0v) is 28.6. The van der Waals surface area contributed by atoms with Gasteiger partial charge in [0.15, 0.2) is 0 Å². The Labute approximate surface area is 277 Å². The summed E-state index contributed by atoms with van der Waals surface area (Å²) in [6.45, 7) is 11.0. The Hall–Kier alpha value is -4.00. The van der Waals surface area contributed by atoms with E-state index in [4.69, 9.17) is 10.1 Å². The van der Waals surface area contributed by atoms with Gasteiger partial charge < -0.3 is 30.7 Å². The number of amides is 1. The van der Waals surface area contributed by atoms with Crippen molar-refractivity contribution >= 4 is 27.8 Å². The fourth-order valence-electron chi connectivity index (χ4n) is 6.54. The number of nitrogens with zero attached hydrogens (tertiary/aromatic N) is 2. The first-order chi connectivity index (χ1) is 22.5. The van der Waals surface area contributed by atoms with Crippen molar-refractivity contribution in [2.75, 3.05) is 44.6 Å². The maximum atomic E-state index is 13.8. The minimum absolute atomic E-state index is 0.0244. The normalized spacial score (nSPS) is 16.3. The number of carbonyl (C=O) groups excluding carboxylic acids is 1. The third-order valence-corrected chi connectivity index (χ3v) is 11.1. The number of aryl methyl sites for hydroxylation is 2. The monoisotopic (exact) mass is 662 g/mol. The first-order valence-corrected chi connectivity index (χ1v) is 17.9. The number of aromatic nitrogens is 1.